The summed E-state index contributed by atoms with van der Waals surface area (Å²) in [5, 5.41) is 7.07. The molecule has 0 saturated heterocycles. The number of nitrogens with two attached hydrogens (primary N) is 1. The van der Waals surface area contributed by atoms with E-state index in [1.54, 1.807) is 0 Å². The van der Waals surface area contributed by atoms with Gasteiger partial charge in [-0.1, -0.05) is 153 Å². The maximum Gasteiger partial charge on any atom is 0.100 e. The van der Waals surface area contributed by atoms with E-state index < -0.39 is 0 Å². The summed E-state index contributed by atoms with van der Waals surface area (Å²) in [7, 11) is 0. The lowest BCUT2D eigenvalue weighted by Crippen LogP contribution is -2.03. The number of para-hydroxylation sites is 1. The topological polar surface area (TPSA) is 48.2 Å². The van der Waals surface area contributed by atoms with Gasteiger partial charge in [0.25, 0.3) is 0 Å². The van der Waals surface area contributed by atoms with Crippen LogP contribution in [-0.2, 0) is 0 Å². The maximum absolute atomic E-state index is 6.62. The molecule has 4 heteroatoms. The van der Waals surface area contributed by atoms with Gasteiger partial charge < -0.3 is 10.3 Å². The quantitative estimate of drug-likeness (QED) is 0.103. The minimum absolute atomic E-state index is 0.488. The van der Waals surface area contributed by atoms with Crippen molar-refractivity contribution in [3.8, 4) is 5.69 Å². The molecule has 9 aromatic rings. The molecule has 52 heavy (non-hydrogen) atoms. The first-order valence-corrected chi connectivity index (χ1v) is 17.5. The number of hydrogen-bond donors (Lipinski definition) is 1. The van der Waals surface area contributed by atoms with E-state index in [4.69, 9.17) is 10.7 Å². The van der Waals surface area contributed by atoms with Gasteiger partial charge in [-0.25, -0.2) is 0 Å². The van der Waals surface area contributed by atoms with Crippen LogP contribution in [0.3, 0.4) is 0 Å². The lowest BCUT2D eigenvalue weighted by atomic mass is 9.98. The molecule has 4 nitrogen and oxygen atoms in total. The van der Waals surface area contributed by atoms with Crippen molar-refractivity contribution >= 4 is 77.2 Å². The van der Waals surface area contributed by atoms with Gasteiger partial charge in [0.1, 0.15) is 5.82 Å². The minimum atomic E-state index is 0.488. The number of fused-ring (bicyclic) bond motifs is 10. The fourth-order valence-corrected chi connectivity index (χ4v) is 7.73. The van der Waals surface area contributed by atoms with E-state index in [1.807, 2.05) is 36.4 Å². The predicted octanol–water partition coefficient (Wildman–Crippen LogP) is 12.0. The zero-order valence-corrected chi connectivity index (χ0v) is 28.9. The summed E-state index contributed by atoms with van der Waals surface area (Å²) >= 11 is 0. The number of nitrogens with zero attached hydrogens (tertiary/aromatic N) is 3. The molecule has 0 fully saturated rings. The average Bonchev–Trinajstić information content (AvgIpc) is 3.72. The largest absolute Gasteiger partial charge is 0.385 e. The lowest BCUT2D eigenvalue weighted by molar-refractivity contribution is 1.18. The Balaban J connectivity index is 1.27. The molecular formula is C48H36N4. The summed E-state index contributed by atoms with van der Waals surface area (Å²) in [4.78, 5) is 5.20. The Morgan fingerprint density at radius 2 is 1.08 bits per heavy atom. The fraction of sp³-hybridized carbons (Fsp3) is 0.0208. The van der Waals surface area contributed by atoms with Crippen LogP contribution >= 0.6 is 0 Å². The predicted molar refractivity (Wildman–Crippen MR) is 223 cm³/mol. The molecule has 0 aliphatic rings. The third-order valence-electron chi connectivity index (χ3n) is 10.1. The molecule has 7 aromatic carbocycles. The van der Waals surface area contributed by atoms with Gasteiger partial charge in [0, 0.05) is 33.1 Å². The van der Waals surface area contributed by atoms with Gasteiger partial charge in [-0.15, -0.1) is 0 Å². The zero-order chi connectivity index (χ0) is 35.3. The number of hydrogen-bond acceptors (Lipinski definition) is 2. The Morgan fingerprint density at radius 1 is 0.538 bits per heavy atom. The fourth-order valence-electron chi connectivity index (χ4n) is 7.73. The Hall–Kier alpha value is -6.91. The van der Waals surface area contributed by atoms with E-state index in [2.05, 4.69) is 157 Å². The molecule has 0 unspecified atom stereocenters. The first kappa shape index (κ1) is 31.1. The summed E-state index contributed by atoms with van der Waals surface area (Å²) in [6, 6.07) is 55.1. The van der Waals surface area contributed by atoms with Gasteiger partial charge in [0.15, 0.2) is 0 Å². The van der Waals surface area contributed by atoms with Crippen LogP contribution in [0.25, 0.3) is 77.2 Å². The molecule has 0 atom stereocenters. The number of allylic oxidation sites excluding steroid dienone is 2. The number of rotatable bonds is 7. The minimum Gasteiger partial charge on any atom is -0.385 e. The molecule has 248 valence electrons. The highest BCUT2D eigenvalue weighted by Gasteiger charge is 2.25. The molecule has 2 N–H and O–H groups in total. The molecule has 0 bridgehead atoms. The smallest absolute Gasteiger partial charge is 0.100 e. The van der Waals surface area contributed by atoms with E-state index in [9.17, 15) is 0 Å². The number of aromatic nitrogens is 2. The lowest BCUT2D eigenvalue weighted by Gasteiger charge is -2.14. The number of benzene rings is 7. The second kappa shape index (κ2) is 12.4. The SMILES string of the molecule is C=C(/C=C(\N=C(C)c1ccc(-n2c3c4ccccc4c4ccccc4c3c3c2c2ccccc2n3C(=C)N)cc1)c1ccccc1)c1ccccc1. The molecule has 0 saturated carbocycles. The van der Waals surface area contributed by atoms with Gasteiger partial charge >= 0.3 is 0 Å². The van der Waals surface area contributed by atoms with E-state index in [0.29, 0.717) is 5.82 Å². The van der Waals surface area contributed by atoms with Crippen LogP contribution in [0.4, 0.5) is 0 Å². The van der Waals surface area contributed by atoms with E-state index in [-0.39, 0.29) is 0 Å². The normalized spacial score (nSPS) is 12.4. The van der Waals surface area contributed by atoms with E-state index in [1.165, 1.54) is 21.5 Å². The van der Waals surface area contributed by atoms with Crippen molar-refractivity contribution in [1.29, 1.82) is 0 Å². The molecule has 0 aliphatic carbocycles. The average molecular weight is 669 g/mol. The van der Waals surface area contributed by atoms with Crippen LogP contribution in [0.1, 0.15) is 23.6 Å². The second-order valence-corrected chi connectivity index (χ2v) is 13.2. The highest BCUT2D eigenvalue weighted by atomic mass is 15.1. The van der Waals surface area contributed by atoms with E-state index >= 15 is 0 Å². The van der Waals surface area contributed by atoms with Crippen LogP contribution in [0.5, 0.6) is 0 Å². The van der Waals surface area contributed by atoms with Crippen LogP contribution in [-0.4, -0.2) is 14.8 Å². The molecule has 0 radical (unpaired) electrons. The van der Waals surface area contributed by atoms with Crippen molar-refractivity contribution in [2.45, 2.75) is 6.92 Å². The van der Waals surface area contributed by atoms with Crippen LogP contribution in [0, 0.1) is 0 Å². The standard InChI is InChI=1S/C48H36N4/c1-31(34-16-6-4-7-17-34)30-43(36-18-8-5-9-19-36)50-32(2)35-26-28-37(29-27-35)52-46-41-23-13-11-21-39(41)38-20-10-12-22-40(38)45(46)48-47(52)42-24-14-15-25-44(42)51(48)33(3)49/h4-30H,1,3,49H2,2H3/b43-30-,50-32?. The van der Waals surface area contributed by atoms with Gasteiger partial charge in [-0.2, -0.15) is 0 Å². The van der Waals surface area contributed by atoms with Crippen molar-refractivity contribution in [2.24, 2.45) is 10.7 Å². The summed E-state index contributed by atoms with van der Waals surface area (Å²) in [5.41, 5.74) is 17.8. The zero-order valence-electron chi connectivity index (χ0n) is 28.9. The summed E-state index contributed by atoms with van der Waals surface area (Å²) in [6.07, 6.45) is 2.07. The maximum atomic E-state index is 6.62. The van der Waals surface area contributed by atoms with Crippen molar-refractivity contribution < 1.29 is 0 Å². The molecule has 0 amide bonds. The summed E-state index contributed by atoms with van der Waals surface area (Å²) in [6.45, 7) is 10.7. The van der Waals surface area contributed by atoms with Gasteiger partial charge in [0.2, 0.25) is 0 Å². The Bertz CT molecular complexity index is 2920. The summed E-state index contributed by atoms with van der Waals surface area (Å²) < 4.78 is 4.53. The van der Waals surface area contributed by atoms with Gasteiger partial charge in [-0.05, 0) is 64.1 Å². The van der Waals surface area contributed by atoms with Crippen molar-refractivity contribution in [1.82, 2.24) is 9.13 Å². The third kappa shape index (κ3) is 4.96. The third-order valence-corrected chi connectivity index (χ3v) is 10.1. The molecule has 0 spiro atoms. The van der Waals surface area contributed by atoms with Crippen LogP contribution in [0.15, 0.2) is 182 Å². The Morgan fingerprint density at radius 3 is 1.73 bits per heavy atom. The van der Waals surface area contributed by atoms with Gasteiger partial charge in [0.05, 0.1) is 27.8 Å². The van der Waals surface area contributed by atoms with Crippen LogP contribution in [0.2, 0.25) is 0 Å². The second-order valence-electron chi connectivity index (χ2n) is 13.2. The van der Waals surface area contributed by atoms with E-state index in [0.717, 1.165) is 72.2 Å². The van der Waals surface area contributed by atoms with Crippen molar-refractivity contribution in [3.05, 3.63) is 194 Å². The van der Waals surface area contributed by atoms with Crippen molar-refractivity contribution in [2.75, 3.05) is 0 Å². The molecular weight excluding hydrogens is 633 g/mol. The highest BCUT2D eigenvalue weighted by molar-refractivity contribution is 6.34. The molecule has 2 heterocycles. The Kier molecular flexibility index (Phi) is 7.45. The summed E-state index contributed by atoms with van der Waals surface area (Å²) in [5.74, 6) is 0.488. The monoisotopic (exact) mass is 668 g/mol. The molecule has 0 aliphatic heterocycles. The molecule has 2 aromatic heterocycles. The van der Waals surface area contributed by atoms with Crippen molar-refractivity contribution in [3.63, 3.8) is 0 Å². The molecule has 9 rings (SSSR count). The number of aliphatic imine (C=N–C) groups is 1. The first-order chi connectivity index (χ1) is 25.5. The first-order valence-electron chi connectivity index (χ1n) is 17.5. The Labute approximate surface area is 302 Å². The van der Waals surface area contributed by atoms with Crippen LogP contribution < -0.4 is 5.73 Å². The highest BCUT2D eigenvalue weighted by Crippen LogP contribution is 2.46. The van der Waals surface area contributed by atoms with Gasteiger partial charge in [-0.3, -0.25) is 9.56 Å².